The molecule has 1 heterocycles. The van der Waals surface area contributed by atoms with E-state index in [1.165, 1.54) is 7.11 Å². The second kappa shape index (κ2) is 6.56. The number of carboxylic acids is 1. The summed E-state index contributed by atoms with van der Waals surface area (Å²) in [4.78, 5) is 24.5. The molecule has 1 N–H and O–H groups in total. The second-order valence-electron chi connectivity index (χ2n) is 4.07. The summed E-state index contributed by atoms with van der Waals surface area (Å²) in [5, 5.41) is 9.06. The van der Waals surface area contributed by atoms with E-state index in [4.69, 9.17) is 14.6 Å². The number of carbonyl (C=O) groups is 2. The minimum Gasteiger partial charge on any atom is -0.481 e. The Bertz CT molecular complexity index is 281. The van der Waals surface area contributed by atoms with Crippen molar-refractivity contribution in [1.82, 2.24) is 4.90 Å². The molecule has 2 atom stereocenters. The highest BCUT2D eigenvalue weighted by Gasteiger charge is 2.39. The van der Waals surface area contributed by atoms with Crippen LogP contribution >= 0.6 is 0 Å². The number of hydrogen-bond donors (Lipinski definition) is 1. The van der Waals surface area contributed by atoms with Gasteiger partial charge < -0.3 is 19.5 Å². The van der Waals surface area contributed by atoms with Gasteiger partial charge in [-0.2, -0.15) is 0 Å². The predicted octanol–water partition coefficient (Wildman–Crippen LogP) is -0.0290. The summed E-state index contributed by atoms with van der Waals surface area (Å²) in [6, 6.07) is -0.380. The SMILES string of the molecule is CCCN(C(=O)COC)C1COCC1C(=O)O. The zero-order valence-electron chi connectivity index (χ0n) is 10.2. The molecule has 0 bridgehead atoms. The van der Waals surface area contributed by atoms with Crippen LogP contribution in [0.1, 0.15) is 13.3 Å². The van der Waals surface area contributed by atoms with Crippen molar-refractivity contribution in [2.75, 3.05) is 33.5 Å². The third-order valence-corrected chi connectivity index (χ3v) is 2.82. The lowest BCUT2D eigenvalue weighted by Gasteiger charge is -2.30. The van der Waals surface area contributed by atoms with Crippen molar-refractivity contribution >= 4 is 11.9 Å². The quantitative estimate of drug-likeness (QED) is 0.711. The summed E-state index contributed by atoms with van der Waals surface area (Å²) in [5.41, 5.74) is 0. The van der Waals surface area contributed by atoms with Gasteiger partial charge in [-0.3, -0.25) is 9.59 Å². The Labute approximate surface area is 100 Å². The molecule has 17 heavy (non-hydrogen) atoms. The molecule has 2 unspecified atom stereocenters. The normalized spacial score (nSPS) is 23.6. The van der Waals surface area contributed by atoms with E-state index in [1.54, 1.807) is 4.90 Å². The molecule has 1 saturated heterocycles. The number of rotatable bonds is 6. The number of hydrogen-bond acceptors (Lipinski definition) is 4. The molecule has 1 aliphatic heterocycles. The monoisotopic (exact) mass is 245 g/mol. The van der Waals surface area contributed by atoms with Crippen molar-refractivity contribution < 1.29 is 24.2 Å². The van der Waals surface area contributed by atoms with Crippen molar-refractivity contribution in [2.24, 2.45) is 5.92 Å². The number of ether oxygens (including phenoxy) is 2. The van der Waals surface area contributed by atoms with Gasteiger partial charge in [-0.25, -0.2) is 0 Å². The average molecular weight is 245 g/mol. The summed E-state index contributed by atoms with van der Waals surface area (Å²) >= 11 is 0. The Morgan fingerprint density at radius 1 is 1.47 bits per heavy atom. The van der Waals surface area contributed by atoms with E-state index in [-0.39, 0.29) is 31.8 Å². The van der Waals surface area contributed by atoms with E-state index >= 15 is 0 Å². The van der Waals surface area contributed by atoms with Crippen molar-refractivity contribution in [3.8, 4) is 0 Å². The lowest BCUT2D eigenvalue weighted by molar-refractivity contribution is -0.146. The van der Waals surface area contributed by atoms with E-state index in [1.807, 2.05) is 6.92 Å². The highest BCUT2D eigenvalue weighted by atomic mass is 16.5. The average Bonchev–Trinajstić information content (AvgIpc) is 2.74. The first-order chi connectivity index (χ1) is 8.11. The molecule has 0 aliphatic carbocycles. The Morgan fingerprint density at radius 3 is 2.71 bits per heavy atom. The Hall–Kier alpha value is -1.14. The summed E-state index contributed by atoms with van der Waals surface area (Å²) in [5.74, 6) is -1.74. The van der Waals surface area contributed by atoms with E-state index in [0.29, 0.717) is 6.54 Å². The third kappa shape index (κ3) is 3.41. The van der Waals surface area contributed by atoms with Crippen LogP contribution in [-0.2, 0) is 19.1 Å². The van der Waals surface area contributed by atoms with Crippen LogP contribution in [-0.4, -0.2) is 61.4 Å². The fraction of sp³-hybridized carbons (Fsp3) is 0.818. The maximum absolute atomic E-state index is 11.8. The van der Waals surface area contributed by atoms with Crippen molar-refractivity contribution in [3.05, 3.63) is 0 Å². The first-order valence-electron chi connectivity index (χ1n) is 5.70. The minimum atomic E-state index is -0.918. The molecule has 0 aromatic heterocycles. The summed E-state index contributed by atoms with van der Waals surface area (Å²) in [7, 11) is 1.45. The smallest absolute Gasteiger partial charge is 0.311 e. The maximum atomic E-state index is 11.8. The van der Waals surface area contributed by atoms with E-state index in [2.05, 4.69) is 0 Å². The standard InChI is InChI=1S/C11H19NO5/c1-3-4-12(10(13)7-16-2)9-6-17-5-8(9)11(14)15/h8-9H,3-7H2,1-2H3,(H,14,15). The number of carboxylic acid groups (broad SMARTS) is 1. The topological polar surface area (TPSA) is 76.1 Å². The molecular weight excluding hydrogens is 226 g/mol. The molecule has 98 valence electrons. The number of amides is 1. The molecule has 0 aromatic carbocycles. The van der Waals surface area contributed by atoms with Gasteiger partial charge in [-0.05, 0) is 6.42 Å². The van der Waals surface area contributed by atoms with Crippen molar-refractivity contribution in [2.45, 2.75) is 19.4 Å². The number of carbonyl (C=O) groups excluding carboxylic acids is 1. The first kappa shape index (κ1) is 13.9. The fourth-order valence-electron chi connectivity index (χ4n) is 2.01. The van der Waals surface area contributed by atoms with Crippen LogP contribution in [0, 0.1) is 5.92 Å². The maximum Gasteiger partial charge on any atom is 0.311 e. The largest absolute Gasteiger partial charge is 0.481 e. The van der Waals surface area contributed by atoms with Crippen molar-refractivity contribution in [3.63, 3.8) is 0 Å². The lowest BCUT2D eigenvalue weighted by atomic mass is 10.0. The van der Waals surface area contributed by atoms with E-state index < -0.39 is 11.9 Å². The molecule has 1 aliphatic rings. The van der Waals surface area contributed by atoms with E-state index in [9.17, 15) is 9.59 Å². The molecule has 1 amide bonds. The number of nitrogens with zero attached hydrogens (tertiary/aromatic N) is 1. The van der Waals surface area contributed by atoms with Gasteiger partial charge in [0.15, 0.2) is 0 Å². The zero-order valence-corrected chi connectivity index (χ0v) is 10.2. The van der Waals surface area contributed by atoms with E-state index in [0.717, 1.165) is 6.42 Å². The number of methoxy groups -OCH3 is 1. The van der Waals surface area contributed by atoms with Crippen molar-refractivity contribution in [1.29, 1.82) is 0 Å². The van der Waals surface area contributed by atoms with Gasteiger partial charge in [0.2, 0.25) is 5.91 Å². The second-order valence-corrected chi connectivity index (χ2v) is 4.07. The van der Waals surface area contributed by atoms with Crippen LogP contribution in [0.3, 0.4) is 0 Å². The highest BCUT2D eigenvalue weighted by molar-refractivity contribution is 5.79. The summed E-state index contributed by atoms with van der Waals surface area (Å²) in [6.07, 6.45) is 0.776. The Balaban J connectivity index is 2.74. The van der Waals surface area contributed by atoms with Crippen LogP contribution in [0.15, 0.2) is 0 Å². The van der Waals surface area contributed by atoms with Crippen LogP contribution in [0.2, 0.25) is 0 Å². The zero-order chi connectivity index (χ0) is 12.8. The predicted molar refractivity (Wildman–Crippen MR) is 59.6 cm³/mol. The van der Waals surface area contributed by atoms with Gasteiger partial charge in [0, 0.05) is 13.7 Å². The van der Waals surface area contributed by atoms with Crippen LogP contribution in [0.25, 0.3) is 0 Å². The molecule has 0 saturated carbocycles. The first-order valence-corrected chi connectivity index (χ1v) is 5.70. The van der Waals surface area contributed by atoms with Gasteiger partial charge in [0.1, 0.15) is 12.5 Å². The highest BCUT2D eigenvalue weighted by Crippen LogP contribution is 2.20. The lowest BCUT2D eigenvalue weighted by Crippen LogP contribution is -2.48. The van der Waals surface area contributed by atoms with Gasteiger partial charge >= 0.3 is 5.97 Å². The van der Waals surface area contributed by atoms with Crippen LogP contribution in [0.4, 0.5) is 0 Å². The van der Waals surface area contributed by atoms with Crippen LogP contribution < -0.4 is 0 Å². The molecule has 6 heteroatoms. The summed E-state index contributed by atoms with van der Waals surface area (Å²) < 4.78 is 9.98. The van der Waals surface area contributed by atoms with Gasteiger partial charge in [0.25, 0.3) is 0 Å². The Kier molecular flexibility index (Phi) is 5.37. The Morgan fingerprint density at radius 2 is 2.18 bits per heavy atom. The summed E-state index contributed by atoms with van der Waals surface area (Å²) in [6.45, 7) is 2.90. The molecule has 1 rings (SSSR count). The molecule has 6 nitrogen and oxygen atoms in total. The minimum absolute atomic E-state index is 0.0250. The van der Waals surface area contributed by atoms with Gasteiger partial charge in [-0.15, -0.1) is 0 Å². The third-order valence-electron chi connectivity index (χ3n) is 2.82. The van der Waals surface area contributed by atoms with Crippen LogP contribution in [0.5, 0.6) is 0 Å². The fourth-order valence-corrected chi connectivity index (χ4v) is 2.01. The molecular formula is C11H19NO5. The molecule has 0 aromatic rings. The molecule has 0 spiro atoms. The van der Waals surface area contributed by atoms with Gasteiger partial charge in [-0.1, -0.05) is 6.92 Å². The molecule has 0 radical (unpaired) electrons. The molecule has 1 fully saturated rings. The van der Waals surface area contributed by atoms with Gasteiger partial charge in [0.05, 0.1) is 19.3 Å². The number of aliphatic carboxylic acids is 1.